The standard InChI is InChI=1S/C13H17NO/c1-2-6-13(15)14-12-9-11(12)10-7-4-3-5-8-10/h3-5,7-8,11-12H,2,6,9H2,1H3,(H,14,15). The number of rotatable bonds is 4. The van der Waals surface area contributed by atoms with Gasteiger partial charge in [-0.2, -0.15) is 0 Å². The Balaban J connectivity index is 1.84. The maximum Gasteiger partial charge on any atom is 0.220 e. The van der Waals surface area contributed by atoms with Crippen molar-refractivity contribution in [1.29, 1.82) is 0 Å². The van der Waals surface area contributed by atoms with Gasteiger partial charge in [-0.15, -0.1) is 0 Å². The van der Waals surface area contributed by atoms with E-state index in [2.05, 4.69) is 29.6 Å². The third-order valence-corrected chi connectivity index (χ3v) is 2.84. The molecule has 15 heavy (non-hydrogen) atoms. The van der Waals surface area contributed by atoms with Crippen LogP contribution in [0.25, 0.3) is 0 Å². The molecular formula is C13H17NO. The summed E-state index contributed by atoms with van der Waals surface area (Å²) < 4.78 is 0. The Hall–Kier alpha value is -1.31. The van der Waals surface area contributed by atoms with Crippen LogP contribution in [0.15, 0.2) is 30.3 Å². The molecule has 80 valence electrons. The fourth-order valence-electron chi connectivity index (χ4n) is 1.93. The first-order valence-electron chi connectivity index (χ1n) is 5.65. The molecule has 1 N–H and O–H groups in total. The molecule has 0 bridgehead atoms. The first-order valence-corrected chi connectivity index (χ1v) is 5.65. The molecular weight excluding hydrogens is 186 g/mol. The van der Waals surface area contributed by atoms with Crippen molar-refractivity contribution in [2.75, 3.05) is 0 Å². The number of nitrogens with one attached hydrogen (secondary N) is 1. The van der Waals surface area contributed by atoms with E-state index in [4.69, 9.17) is 0 Å². The third-order valence-electron chi connectivity index (χ3n) is 2.84. The lowest BCUT2D eigenvalue weighted by atomic mass is 10.1. The molecule has 2 heteroatoms. The van der Waals surface area contributed by atoms with Crippen LogP contribution in [0, 0.1) is 0 Å². The zero-order valence-corrected chi connectivity index (χ0v) is 9.07. The van der Waals surface area contributed by atoms with Gasteiger partial charge in [-0.1, -0.05) is 37.3 Å². The van der Waals surface area contributed by atoms with Crippen LogP contribution in [-0.4, -0.2) is 11.9 Å². The van der Waals surface area contributed by atoms with Gasteiger partial charge in [0.15, 0.2) is 0 Å². The van der Waals surface area contributed by atoms with Gasteiger partial charge in [-0.25, -0.2) is 0 Å². The second-order valence-corrected chi connectivity index (χ2v) is 4.18. The second kappa shape index (κ2) is 4.47. The van der Waals surface area contributed by atoms with Crippen LogP contribution in [0.3, 0.4) is 0 Å². The largest absolute Gasteiger partial charge is 0.353 e. The Morgan fingerprint density at radius 3 is 2.80 bits per heavy atom. The van der Waals surface area contributed by atoms with Crippen molar-refractivity contribution in [2.24, 2.45) is 0 Å². The van der Waals surface area contributed by atoms with Gasteiger partial charge in [0.2, 0.25) is 5.91 Å². The monoisotopic (exact) mass is 203 g/mol. The predicted molar refractivity (Wildman–Crippen MR) is 60.6 cm³/mol. The molecule has 2 rings (SSSR count). The van der Waals surface area contributed by atoms with Gasteiger partial charge in [-0.3, -0.25) is 4.79 Å². The van der Waals surface area contributed by atoms with E-state index in [0.717, 1.165) is 12.8 Å². The minimum Gasteiger partial charge on any atom is -0.353 e. The van der Waals surface area contributed by atoms with Crippen molar-refractivity contribution in [3.8, 4) is 0 Å². The number of carbonyl (C=O) groups excluding carboxylic acids is 1. The number of hydrogen-bond acceptors (Lipinski definition) is 1. The van der Waals surface area contributed by atoms with Crippen molar-refractivity contribution in [1.82, 2.24) is 5.32 Å². The van der Waals surface area contributed by atoms with Crippen molar-refractivity contribution in [3.05, 3.63) is 35.9 Å². The van der Waals surface area contributed by atoms with Crippen LogP contribution in [-0.2, 0) is 4.79 Å². The molecule has 2 unspecified atom stereocenters. The van der Waals surface area contributed by atoms with Crippen molar-refractivity contribution in [3.63, 3.8) is 0 Å². The van der Waals surface area contributed by atoms with Gasteiger partial charge in [0, 0.05) is 18.4 Å². The van der Waals surface area contributed by atoms with Crippen LogP contribution in [0.1, 0.15) is 37.7 Å². The predicted octanol–water partition coefficient (Wildman–Crippen LogP) is 2.46. The SMILES string of the molecule is CCCC(=O)NC1CC1c1ccccc1. The fraction of sp³-hybridized carbons (Fsp3) is 0.462. The van der Waals surface area contributed by atoms with E-state index in [0.29, 0.717) is 18.4 Å². The van der Waals surface area contributed by atoms with E-state index >= 15 is 0 Å². The van der Waals surface area contributed by atoms with E-state index in [1.54, 1.807) is 0 Å². The Bertz CT molecular complexity index is 334. The smallest absolute Gasteiger partial charge is 0.220 e. The quantitative estimate of drug-likeness (QED) is 0.800. The molecule has 1 amide bonds. The average molecular weight is 203 g/mol. The van der Waals surface area contributed by atoms with E-state index in [1.165, 1.54) is 5.56 Å². The summed E-state index contributed by atoms with van der Waals surface area (Å²) in [6, 6.07) is 10.8. The zero-order chi connectivity index (χ0) is 10.7. The number of hydrogen-bond donors (Lipinski definition) is 1. The molecule has 1 aliphatic rings. The van der Waals surface area contributed by atoms with Crippen molar-refractivity contribution >= 4 is 5.91 Å². The van der Waals surface area contributed by atoms with E-state index in [9.17, 15) is 4.79 Å². The molecule has 2 atom stereocenters. The van der Waals surface area contributed by atoms with E-state index in [1.807, 2.05) is 13.0 Å². The molecule has 2 nitrogen and oxygen atoms in total. The van der Waals surface area contributed by atoms with Crippen molar-refractivity contribution in [2.45, 2.75) is 38.1 Å². The number of benzene rings is 1. The molecule has 1 aromatic rings. The third kappa shape index (κ3) is 2.58. The topological polar surface area (TPSA) is 29.1 Å². The number of carbonyl (C=O) groups is 1. The highest BCUT2D eigenvalue weighted by atomic mass is 16.1. The first-order chi connectivity index (χ1) is 7.31. The minimum absolute atomic E-state index is 0.195. The van der Waals surface area contributed by atoms with Crippen LogP contribution in [0.5, 0.6) is 0 Å². The molecule has 0 radical (unpaired) electrons. The van der Waals surface area contributed by atoms with Crippen LogP contribution < -0.4 is 5.32 Å². The summed E-state index contributed by atoms with van der Waals surface area (Å²) in [6.45, 7) is 2.03. The zero-order valence-electron chi connectivity index (χ0n) is 9.07. The molecule has 1 fully saturated rings. The summed E-state index contributed by atoms with van der Waals surface area (Å²) in [5.74, 6) is 0.743. The second-order valence-electron chi connectivity index (χ2n) is 4.18. The summed E-state index contributed by atoms with van der Waals surface area (Å²) in [7, 11) is 0. The van der Waals surface area contributed by atoms with Gasteiger partial charge in [0.25, 0.3) is 0 Å². The van der Waals surface area contributed by atoms with E-state index < -0.39 is 0 Å². The molecule has 0 aromatic heterocycles. The van der Waals surface area contributed by atoms with Crippen LogP contribution >= 0.6 is 0 Å². The fourth-order valence-corrected chi connectivity index (χ4v) is 1.93. The molecule has 0 spiro atoms. The Kier molecular flexibility index (Phi) is 3.05. The Morgan fingerprint density at radius 2 is 2.13 bits per heavy atom. The lowest BCUT2D eigenvalue weighted by molar-refractivity contribution is -0.121. The average Bonchev–Trinajstić information content (AvgIpc) is 2.99. The lowest BCUT2D eigenvalue weighted by Gasteiger charge is -2.03. The maximum atomic E-state index is 11.4. The molecule has 1 saturated carbocycles. The highest BCUT2D eigenvalue weighted by molar-refractivity contribution is 5.76. The summed E-state index contributed by atoms with van der Waals surface area (Å²) in [5, 5.41) is 3.06. The van der Waals surface area contributed by atoms with E-state index in [-0.39, 0.29) is 5.91 Å². The summed E-state index contributed by atoms with van der Waals surface area (Å²) in [4.78, 5) is 11.4. The highest BCUT2D eigenvalue weighted by Crippen LogP contribution is 2.40. The van der Waals surface area contributed by atoms with Crippen LogP contribution in [0.2, 0.25) is 0 Å². The highest BCUT2D eigenvalue weighted by Gasteiger charge is 2.38. The first kappa shape index (κ1) is 10.2. The van der Waals surface area contributed by atoms with Gasteiger partial charge in [-0.05, 0) is 18.4 Å². The van der Waals surface area contributed by atoms with Crippen molar-refractivity contribution < 1.29 is 4.79 Å². The Labute approximate surface area is 90.7 Å². The minimum atomic E-state index is 0.195. The molecule has 0 saturated heterocycles. The summed E-state index contributed by atoms with van der Waals surface area (Å²) >= 11 is 0. The maximum absolute atomic E-state index is 11.4. The normalized spacial score (nSPS) is 23.5. The summed E-state index contributed by atoms with van der Waals surface area (Å²) in [6.07, 6.45) is 2.67. The van der Waals surface area contributed by atoms with Gasteiger partial charge < -0.3 is 5.32 Å². The number of amides is 1. The molecule has 0 heterocycles. The van der Waals surface area contributed by atoms with Gasteiger partial charge in [0.1, 0.15) is 0 Å². The van der Waals surface area contributed by atoms with Gasteiger partial charge in [0.05, 0.1) is 0 Å². The van der Waals surface area contributed by atoms with Crippen LogP contribution in [0.4, 0.5) is 0 Å². The Morgan fingerprint density at radius 1 is 1.40 bits per heavy atom. The molecule has 1 aromatic carbocycles. The molecule has 0 aliphatic heterocycles. The summed E-state index contributed by atoms with van der Waals surface area (Å²) in [5.41, 5.74) is 1.35. The van der Waals surface area contributed by atoms with Gasteiger partial charge >= 0.3 is 0 Å². The molecule has 1 aliphatic carbocycles. The lowest BCUT2D eigenvalue weighted by Crippen LogP contribution is -2.25.